The van der Waals surface area contributed by atoms with Gasteiger partial charge in [0, 0.05) is 5.92 Å². The van der Waals surface area contributed by atoms with E-state index < -0.39 is 35.7 Å². The second kappa shape index (κ2) is 11.5. The summed E-state index contributed by atoms with van der Waals surface area (Å²) in [7, 11) is 0. The highest BCUT2D eigenvalue weighted by Gasteiger charge is 2.36. The number of benzene rings is 3. The molecule has 0 aromatic heterocycles. The number of rotatable bonds is 10. The number of carboxylic acid groups (broad SMARTS) is 1. The Bertz CT molecular complexity index is 1260. The second-order valence-electron chi connectivity index (χ2n) is 9.87. The fourth-order valence-corrected chi connectivity index (χ4v) is 4.55. The first-order chi connectivity index (χ1) is 18.2. The number of carbonyl (C=O) groups excluding carboxylic acids is 2. The molecule has 0 spiro atoms. The Labute approximate surface area is 222 Å². The lowest BCUT2D eigenvalue weighted by molar-refractivity contribution is -0.147. The van der Waals surface area contributed by atoms with Gasteiger partial charge >= 0.3 is 12.1 Å². The molecule has 0 bridgehead atoms. The van der Waals surface area contributed by atoms with E-state index in [1.54, 1.807) is 6.92 Å². The topological polar surface area (TPSA) is 114 Å². The third kappa shape index (κ3) is 6.03. The van der Waals surface area contributed by atoms with Gasteiger partial charge in [0.25, 0.3) is 0 Å². The number of ether oxygens (including phenoxy) is 2. The number of fused-ring (bicyclic) bond motifs is 3. The van der Waals surface area contributed by atoms with E-state index in [2.05, 4.69) is 10.6 Å². The Morgan fingerprint density at radius 2 is 1.45 bits per heavy atom. The fraction of sp³-hybridized carbons (Fsp3) is 0.300. The van der Waals surface area contributed by atoms with Crippen LogP contribution in [0.5, 0.6) is 0 Å². The molecule has 0 aliphatic heterocycles. The molecule has 2 amide bonds. The molecule has 1 aliphatic carbocycles. The molecule has 198 valence electrons. The van der Waals surface area contributed by atoms with E-state index in [1.165, 1.54) is 13.8 Å². The zero-order valence-electron chi connectivity index (χ0n) is 21.6. The lowest BCUT2D eigenvalue weighted by Gasteiger charge is -2.29. The summed E-state index contributed by atoms with van der Waals surface area (Å²) < 4.78 is 11.2. The van der Waals surface area contributed by atoms with Gasteiger partial charge in [0.1, 0.15) is 12.1 Å². The highest BCUT2D eigenvalue weighted by molar-refractivity contribution is 5.92. The largest absolute Gasteiger partial charge is 0.480 e. The summed E-state index contributed by atoms with van der Waals surface area (Å²) in [6.45, 7) is 4.84. The number of hydrogen-bond acceptors (Lipinski definition) is 5. The molecule has 0 radical (unpaired) electrons. The molecule has 3 aromatic carbocycles. The molecule has 1 aliphatic rings. The van der Waals surface area contributed by atoms with Crippen LogP contribution in [0.15, 0.2) is 78.9 Å². The standard InChI is InChI=1S/C30H32N2O6/c1-19(37-17-20-11-5-4-6-12-20)26(27(33)34)31-28(35)30(2,3)32-29(36)38-18-25-23-15-9-7-13-21(23)22-14-8-10-16-24(22)25/h4-16,19,25-26H,17-18H2,1-3H3,(H,31,35)(H,32,36)(H,33,34). The number of carboxylic acids is 1. The lowest BCUT2D eigenvalue weighted by atomic mass is 9.98. The third-order valence-electron chi connectivity index (χ3n) is 6.70. The molecule has 0 fully saturated rings. The van der Waals surface area contributed by atoms with Crippen LogP contribution in [0.1, 0.15) is 43.4 Å². The number of alkyl carbamates (subject to hydrolysis) is 1. The number of amides is 2. The number of hydrogen-bond donors (Lipinski definition) is 3. The average Bonchev–Trinajstić information content (AvgIpc) is 3.22. The maximum atomic E-state index is 13.0. The number of carbonyl (C=O) groups is 3. The van der Waals surface area contributed by atoms with E-state index in [0.717, 1.165) is 27.8 Å². The summed E-state index contributed by atoms with van der Waals surface area (Å²) in [6.07, 6.45) is -1.59. The van der Waals surface area contributed by atoms with Crippen molar-refractivity contribution in [2.45, 2.75) is 51.0 Å². The monoisotopic (exact) mass is 516 g/mol. The second-order valence-corrected chi connectivity index (χ2v) is 9.87. The van der Waals surface area contributed by atoms with Crippen LogP contribution >= 0.6 is 0 Å². The van der Waals surface area contributed by atoms with Gasteiger partial charge in [-0.15, -0.1) is 0 Å². The van der Waals surface area contributed by atoms with Crippen molar-refractivity contribution in [2.75, 3.05) is 6.61 Å². The molecular formula is C30H32N2O6. The van der Waals surface area contributed by atoms with Crippen molar-refractivity contribution in [3.05, 3.63) is 95.6 Å². The molecule has 8 nitrogen and oxygen atoms in total. The molecule has 0 saturated carbocycles. The first-order valence-corrected chi connectivity index (χ1v) is 12.5. The highest BCUT2D eigenvalue weighted by Crippen LogP contribution is 2.44. The maximum Gasteiger partial charge on any atom is 0.408 e. The Balaban J connectivity index is 1.34. The quantitative estimate of drug-likeness (QED) is 0.366. The average molecular weight is 517 g/mol. The summed E-state index contributed by atoms with van der Waals surface area (Å²) in [6, 6.07) is 24.0. The van der Waals surface area contributed by atoms with Crippen LogP contribution in [0.25, 0.3) is 11.1 Å². The molecular weight excluding hydrogens is 484 g/mol. The van der Waals surface area contributed by atoms with Crippen LogP contribution in [0.4, 0.5) is 4.79 Å². The van der Waals surface area contributed by atoms with Crippen LogP contribution < -0.4 is 10.6 Å². The van der Waals surface area contributed by atoms with Crippen LogP contribution in [-0.2, 0) is 25.7 Å². The van der Waals surface area contributed by atoms with Crippen LogP contribution in [0.2, 0.25) is 0 Å². The first-order valence-electron chi connectivity index (χ1n) is 12.5. The van der Waals surface area contributed by atoms with Gasteiger partial charge in [-0.05, 0) is 48.6 Å². The zero-order chi connectivity index (χ0) is 27.3. The van der Waals surface area contributed by atoms with Crippen molar-refractivity contribution in [3.63, 3.8) is 0 Å². The van der Waals surface area contributed by atoms with Crippen LogP contribution in [0, 0.1) is 0 Å². The van der Waals surface area contributed by atoms with E-state index in [-0.39, 0.29) is 19.1 Å². The minimum absolute atomic E-state index is 0.0969. The predicted octanol–water partition coefficient (Wildman–Crippen LogP) is 4.48. The maximum absolute atomic E-state index is 13.0. The molecule has 0 saturated heterocycles. The van der Waals surface area contributed by atoms with Gasteiger partial charge < -0.3 is 25.2 Å². The molecule has 2 atom stereocenters. The zero-order valence-corrected chi connectivity index (χ0v) is 21.6. The highest BCUT2D eigenvalue weighted by atomic mass is 16.5. The van der Waals surface area contributed by atoms with Crippen LogP contribution in [0.3, 0.4) is 0 Å². The van der Waals surface area contributed by atoms with Crippen molar-refractivity contribution in [1.29, 1.82) is 0 Å². The molecule has 3 N–H and O–H groups in total. The number of aliphatic carboxylic acids is 1. The normalized spacial score (nSPS) is 14.1. The summed E-state index contributed by atoms with van der Waals surface area (Å²) in [5.74, 6) is -2.03. The van der Waals surface area contributed by atoms with Gasteiger partial charge in [-0.3, -0.25) is 4.79 Å². The minimum Gasteiger partial charge on any atom is -0.480 e. The van der Waals surface area contributed by atoms with Crippen molar-refractivity contribution < 1.29 is 29.0 Å². The van der Waals surface area contributed by atoms with Gasteiger partial charge in [-0.1, -0.05) is 78.9 Å². The van der Waals surface area contributed by atoms with Gasteiger partial charge in [-0.2, -0.15) is 0 Å². The van der Waals surface area contributed by atoms with Crippen molar-refractivity contribution >= 4 is 18.0 Å². The Hall–Kier alpha value is -4.17. The first kappa shape index (κ1) is 26.9. The summed E-state index contributed by atoms with van der Waals surface area (Å²) in [4.78, 5) is 37.6. The summed E-state index contributed by atoms with van der Waals surface area (Å²) >= 11 is 0. The fourth-order valence-electron chi connectivity index (χ4n) is 4.55. The summed E-state index contributed by atoms with van der Waals surface area (Å²) in [5, 5.41) is 14.7. The Morgan fingerprint density at radius 3 is 2.03 bits per heavy atom. The van der Waals surface area contributed by atoms with E-state index in [9.17, 15) is 19.5 Å². The van der Waals surface area contributed by atoms with E-state index in [4.69, 9.17) is 9.47 Å². The molecule has 4 rings (SSSR count). The van der Waals surface area contributed by atoms with Gasteiger partial charge in [0.2, 0.25) is 5.91 Å². The predicted molar refractivity (Wildman–Crippen MR) is 143 cm³/mol. The van der Waals surface area contributed by atoms with Crippen molar-refractivity contribution in [1.82, 2.24) is 10.6 Å². The SMILES string of the molecule is CC(OCc1ccccc1)C(NC(=O)C(C)(C)NC(=O)OCC1c2ccccc2-c2ccccc21)C(=O)O. The van der Waals surface area contributed by atoms with Crippen LogP contribution in [-0.4, -0.2) is 47.4 Å². The van der Waals surface area contributed by atoms with Gasteiger partial charge in [0.15, 0.2) is 6.04 Å². The van der Waals surface area contributed by atoms with Gasteiger partial charge in [-0.25, -0.2) is 9.59 Å². The lowest BCUT2D eigenvalue weighted by Crippen LogP contribution is -2.60. The molecule has 38 heavy (non-hydrogen) atoms. The molecule has 0 heterocycles. The molecule has 3 aromatic rings. The molecule has 8 heteroatoms. The number of nitrogens with one attached hydrogen (secondary N) is 2. The third-order valence-corrected chi connectivity index (χ3v) is 6.70. The smallest absolute Gasteiger partial charge is 0.408 e. The van der Waals surface area contributed by atoms with Crippen molar-refractivity contribution in [3.8, 4) is 11.1 Å². The van der Waals surface area contributed by atoms with E-state index in [1.807, 2.05) is 78.9 Å². The summed E-state index contributed by atoms with van der Waals surface area (Å²) in [5.41, 5.74) is 3.82. The minimum atomic E-state index is -1.44. The van der Waals surface area contributed by atoms with E-state index >= 15 is 0 Å². The Morgan fingerprint density at radius 1 is 0.895 bits per heavy atom. The molecule has 2 unspecified atom stereocenters. The van der Waals surface area contributed by atoms with E-state index in [0.29, 0.717) is 0 Å². The Kier molecular flexibility index (Phi) is 8.12. The van der Waals surface area contributed by atoms with Gasteiger partial charge in [0.05, 0.1) is 12.7 Å². The van der Waals surface area contributed by atoms with Crippen molar-refractivity contribution in [2.24, 2.45) is 0 Å².